The van der Waals surface area contributed by atoms with Gasteiger partial charge in [0.25, 0.3) is 0 Å². The van der Waals surface area contributed by atoms with Gasteiger partial charge < -0.3 is 19.7 Å². The maximum Gasteiger partial charge on any atom is 0.306 e. The monoisotopic (exact) mass is 262 g/mol. The molecule has 0 amide bonds. The maximum atomic E-state index is 11.3. The fourth-order valence-corrected chi connectivity index (χ4v) is 0.934. The van der Waals surface area contributed by atoms with E-state index in [1.54, 1.807) is 13.8 Å². The third-order valence-electron chi connectivity index (χ3n) is 2.53. The van der Waals surface area contributed by atoms with Crippen LogP contribution in [0.15, 0.2) is 0 Å². The van der Waals surface area contributed by atoms with Crippen molar-refractivity contribution in [3.8, 4) is 0 Å². The third-order valence-corrected chi connectivity index (χ3v) is 2.53. The fraction of sp³-hybridized carbons (Fsp3) is 0.833. The first kappa shape index (κ1) is 16.9. The summed E-state index contributed by atoms with van der Waals surface area (Å²) in [6.07, 6.45) is -2.94. The molecule has 6 heteroatoms. The van der Waals surface area contributed by atoms with Crippen LogP contribution in [0, 0.1) is 0 Å². The highest BCUT2D eigenvalue weighted by Gasteiger charge is 2.18. The number of aliphatic hydroxyl groups excluding tert-OH is 2. The van der Waals surface area contributed by atoms with Crippen molar-refractivity contribution >= 4 is 11.9 Å². The van der Waals surface area contributed by atoms with Gasteiger partial charge in [0.15, 0.2) is 0 Å². The van der Waals surface area contributed by atoms with E-state index in [0.717, 1.165) is 0 Å². The second-order valence-electron chi connectivity index (χ2n) is 4.37. The molecule has 0 aliphatic rings. The molecule has 6 nitrogen and oxygen atoms in total. The number of rotatable bonds is 7. The van der Waals surface area contributed by atoms with Crippen LogP contribution in [0.5, 0.6) is 0 Å². The van der Waals surface area contributed by atoms with Gasteiger partial charge in [0.1, 0.15) is 12.2 Å². The smallest absolute Gasteiger partial charge is 0.306 e. The number of carbonyl (C=O) groups excluding carboxylic acids is 2. The highest BCUT2D eigenvalue weighted by atomic mass is 16.6. The van der Waals surface area contributed by atoms with Crippen molar-refractivity contribution in [1.29, 1.82) is 0 Å². The van der Waals surface area contributed by atoms with Crippen LogP contribution in [0.25, 0.3) is 0 Å². The van der Waals surface area contributed by atoms with Gasteiger partial charge in [-0.2, -0.15) is 0 Å². The van der Waals surface area contributed by atoms with Gasteiger partial charge in [-0.15, -0.1) is 0 Å². The molecule has 0 aliphatic heterocycles. The van der Waals surface area contributed by atoms with E-state index < -0.39 is 36.4 Å². The van der Waals surface area contributed by atoms with Gasteiger partial charge in [0.2, 0.25) is 0 Å². The molecule has 0 fully saturated rings. The number of hydrogen-bond donors (Lipinski definition) is 2. The Bertz CT molecular complexity index is 246. The van der Waals surface area contributed by atoms with Crippen molar-refractivity contribution in [3.63, 3.8) is 0 Å². The molecule has 106 valence electrons. The summed E-state index contributed by atoms with van der Waals surface area (Å²) in [5, 5.41) is 18.3. The lowest BCUT2D eigenvalue weighted by Crippen LogP contribution is -2.28. The quantitative estimate of drug-likeness (QED) is 0.645. The summed E-state index contributed by atoms with van der Waals surface area (Å²) in [6, 6.07) is 0. The zero-order chi connectivity index (χ0) is 14.3. The van der Waals surface area contributed by atoms with E-state index in [1.165, 1.54) is 13.8 Å². The molecule has 0 aromatic rings. The highest BCUT2D eigenvalue weighted by Crippen LogP contribution is 2.05. The fourth-order valence-electron chi connectivity index (χ4n) is 0.934. The minimum atomic E-state index is -0.754. The minimum Gasteiger partial charge on any atom is -0.460 e. The summed E-state index contributed by atoms with van der Waals surface area (Å²) in [4.78, 5) is 22.6. The van der Waals surface area contributed by atoms with Crippen LogP contribution in [0.2, 0.25) is 0 Å². The summed E-state index contributed by atoms with van der Waals surface area (Å²) in [5.74, 6) is -1.13. The van der Waals surface area contributed by atoms with Crippen molar-refractivity contribution in [2.75, 3.05) is 0 Å². The average Bonchev–Trinajstić information content (AvgIpc) is 2.25. The Morgan fingerprint density at radius 3 is 1.33 bits per heavy atom. The second-order valence-corrected chi connectivity index (χ2v) is 4.37. The predicted octanol–water partition coefficient (Wildman–Crippen LogP) is 0.392. The summed E-state index contributed by atoms with van der Waals surface area (Å²) in [7, 11) is 0. The number of hydrogen-bond acceptors (Lipinski definition) is 6. The van der Waals surface area contributed by atoms with E-state index in [2.05, 4.69) is 0 Å². The summed E-state index contributed by atoms with van der Waals surface area (Å²) < 4.78 is 9.74. The van der Waals surface area contributed by atoms with Crippen molar-refractivity contribution < 1.29 is 29.3 Å². The van der Waals surface area contributed by atoms with E-state index in [0.29, 0.717) is 0 Å². The van der Waals surface area contributed by atoms with Crippen molar-refractivity contribution in [2.24, 2.45) is 0 Å². The average molecular weight is 262 g/mol. The van der Waals surface area contributed by atoms with E-state index in [4.69, 9.17) is 19.7 Å². The SMILES string of the molecule is CC(O)C(C)OC(=O)CCC(=O)OC(C)C(C)O. The minimum absolute atomic E-state index is 0.109. The van der Waals surface area contributed by atoms with Crippen LogP contribution in [0.1, 0.15) is 40.5 Å². The lowest BCUT2D eigenvalue weighted by molar-refractivity contribution is -0.159. The first-order valence-corrected chi connectivity index (χ1v) is 5.99. The van der Waals surface area contributed by atoms with Gasteiger partial charge in [0.05, 0.1) is 25.0 Å². The normalized spacial score (nSPS) is 17.4. The van der Waals surface area contributed by atoms with Crippen LogP contribution < -0.4 is 0 Å². The van der Waals surface area contributed by atoms with Crippen LogP contribution in [-0.2, 0) is 19.1 Å². The van der Waals surface area contributed by atoms with E-state index in [1.807, 2.05) is 0 Å². The number of carbonyl (C=O) groups is 2. The molecule has 0 aromatic heterocycles. The summed E-state index contributed by atoms with van der Waals surface area (Å²) in [6.45, 7) is 6.15. The summed E-state index contributed by atoms with van der Waals surface area (Å²) in [5.41, 5.74) is 0. The molecule has 0 saturated carbocycles. The largest absolute Gasteiger partial charge is 0.460 e. The van der Waals surface area contributed by atoms with Gasteiger partial charge >= 0.3 is 11.9 Å². The Morgan fingerprint density at radius 1 is 0.833 bits per heavy atom. The molecule has 0 rings (SSSR count). The lowest BCUT2D eigenvalue weighted by atomic mass is 10.2. The van der Waals surface area contributed by atoms with Gasteiger partial charge in [0, 0.05) is 0 Å². The maximum absolute atomic E-state index is 11.3. The van der Waals surface area contributed by atoms with Crippen molar-refractivity contribution in [2.45, 2.75) is 65.0 Å². The Kier molecular flexibility index (Phi) is 7.54. The Morgan fingerprint density at radius 2 is 1.11 bits per heavy atom. The number of esters is 2. The molecular weight excluding hydrogens is 240 g/mol. The van der Waals surface area contributed by atoms with Crippen LogP contribution >= 0.6 is 0 Å². The lowest BCUT2D eigenvalue weighted by Gasteiger charge is -2.17. The molecule has 4 unspecified atom stereocenters. The predicted molar refractivity (Wildman–Crippen MR) is 63.7 cm³/mol. The standard InChI is InChI=1S/C12H22O6/c1-7(13)9(3)17-11(15)5-6-12(16)18-10(4)8(2)14/h7-10,13-14H,5-6H2,1-4H3. The Balaban J connectivity index is 3.89. The number of aliphatic hydroxyl groups is 2. The first-order valence-electron chi connectivity index (χ1n) is 5.99. The molecule has 0 saturated heterocycles. The van der Waals surface area contributed by atoms with Gasteiger partial charge in [-0.05, 0) is 27.7 Å². The Labute approximate surface area is 107 Å². The van der Waals surface area contributed by atoms with E-state index >= 15 is 0 Å². The zero-order valence-corrected chi connectivity index (χ0v) is 11.3. The zero-order valence-electron chi connectivity index (χ0n) is 11.3. The van der Waals surface area contributed by atoms with E-state index in [9.17, 15) is 9.59 Å². The molecule has 18 heavy (non-hydrogen) atoms. The molecule has 0 heterocycles. The third kappa shape index (κ3) is 7.24. The van der Waals surface area contributed by atoms with Crippen molar-refractivity contribution in [3.05, 3.63) is 0 Å². The number of ether oxygens (including phenoxy) is 2. The summed E-state index contributed by atoms with van der Waals surface area (Å²) >= 11 is 0. The molecule has 0 bridgehead atoms. The van der Waals surface area contributed by atoms with Crippen molar-refractivity contribution in [1.82, 2.24) is 0 Å². The van der Waals surface area contributed by atoms with E-state index in [-0.39, 0.29) is 12.8 Å². The molecule has 2 N–H and O–H groups in total. The van der Waals surface area contributed by atoms with Crippen LogP contribution in [0.4, 0.5) is 0 Å². The molecule has 0 aromatic carbocycles. The molecule has 0 aliphatic carbocycles. The van der Waals surface area contributed by atoms with Gasteiger partial charge in [-0.3, -0.25) is 9.59 Å². The van der Waals surface area contributed by atoms with Gasteiger partial charge in [-0.1, -0.05) is 0 Å². The molecule has 0 radical (unpaired) electrons. The first-order chi connectivity index (χ1) is 8.23. The van der Waals surface area contributed by atoms with Crippen LogP contribution in [0.3, 0.4) is 0 Å². The van der Waals surface area contributed by atoms with Crippen LogP contribution in [-0.4, -0.2) is 46.6 Å². The van der Waals surface area contributed by atoms with Gasteiger partial charge in [-0.25, -0.2) is 0 Å². The molecule has 0 spiro atoms. The highest BCUT2D eigenvalue weighted by molar-refractivity contribution is 5.77. The Hall–Kier alpha value is -1.14. The molecule has 4 atom stereocenters. The topological polar surface area (TPSA) is 93.1 Å². The molecular formula is C12H22O6. The second kappa shape index (κ2) is 8.05.